The van der Waals surface area contributed by atoms with Gasteiger partial charge in [-0.05, 0) is 36.0 Å². The second kappa shape index (κ2) is 10.1. The van der Waals surface area contributed by atoms with Gasteiger partial charge in [-0.15, -0.1) is 5.10 Å². The minimum atomic E-state index is -3.42. The second-order valence-corrected chi connectivity index (χ2v) is 13.2. The maximum Gasteiger partial charge on any atom is 0.248 e. The molecule has 2 N–H and O–H groups in total. The predicted octanol–water partition coefficient (Wildman–Crippen LogP) is 1.42. The summed E-state index contributed by atoms with van der Waals surface area (Å²) in [4.78, 5) is 28.5. The molecule has 3 atom stereocenters. The molecule has 12 heteroatoms. The van der Waals surface area contributed by atoms with Crippen LogP contribution in [0.2, 0.25) is 0 Å². The largest absolute Gasteiger partial charge is 0.391 e. The Bertz CT molecular complexity index is 1270. The van der Waals surface area contributed by atoms with E-state index >= 15 is 0 Å². The molecular formula is C25H36N6O5S. The topological polar surface area (TPSA) is 138 Å². The van der Waals surface area contributed by atoms with E-state index in [0.29, 0.717) is 17.2 Å². The lowest BCUT2D eigenvalue weighted by Crippen LogP contribution is -2.50. The van der Waals surface area contributed by atoms with Crippen LogP contribution >= 0.6 is 0 Å². The fraction of sp³-hybridized carbons (Fsp3) is 0.600. The molecule has 1 aromatic heterocycles. The summed E-state index contributed by atoms with van der Waals surface area (Å²) in [7, 11) is -1.96. The molecule has 2 aliphatic rings. The van der Waals surface area contributed by atoms with Crippen LogP contribution < -0.4 is 9.62 Å². The quantitative estimate of drug-likeness (QED) is 0.524. The molecule has 2 aromatic rings. The highest BCUT2D eigenvalue weighted by Gasteiger charge is 2.45. The van der Waals surface area contributed by atoms with Crippen LogP contribution in [0.5, 0.6) is 0 Å². The normalized spacial score (nSPS) is 21.1. The average molecular weight is 533 g/mol. The zero-order valence-corrected chi connectivity index (χ0v) is 22.8. The first-order valence-corrected chi connectivity index (χ1v) is 14.3. The molecule has 1 saturated carbocycles. The van der Waals surface area contributed by atoms with Crippen molar-refractivity contribution in [3.63, 3.8) is 0 Å². The molecule has 1 aliphatic carbocycles. The van der Waals surface area contributed by atoms with Crippen molar-refractivity contribution >= 4 is 27.5 Å². The van der Waals surface area contributed by atoms with Gasteiger partial charge in [0.1, 0.15) is 12.1 Å². The van der Waals surface area contributed by atoms with Gasteiger partial charge in [-0.2, -0.15) is 0 Å². The molecule has 1 aromatic carbocycles. The summed E-state index contributed by atoms with van der Waals surface area (Å²) >= 11 is 0. The molecule has 11 nitrogen and oxygen atoms in total. The third-order valence-corrected chi connectivity index (χ3v) is 8.15. The van der Waals surface area contributed by atoms with Crippen molar-refractivity contribution in [3.8, 4) is 0 Å². The summed E-state index contributed by atoms with van der Waals surface area (Å²) in [5, 5.41) is 21.8. The van der Waals surface area contributed by atoms with Gasteiger partial charge in [0.25, 0.3) is 0 Å². The van der Waals surface area contributed by atoms with E-state index in [1.165, 1.54) is 11.9 Å². The summed E-state index contributed by atoms with van der Waals surface area (Å²) < 4.78 is 26.5. The number of hydrogen-bond acceptors (Lipinski definition) is 7. The Hall–Kier alpha value is -2.99. The van der Waals surface area contributed by atoms with Crippen LogP contribution in [0, 0.1) is 5.41 Å². The summed E-state index contributed by atoms with van der Waals surface area (Å²) in [6.07, 6.45) is 4.41. The lowest BCUT2D eigenvalue weighted by molar-refractivity contribution is -0.144. The van der Waals surface area contributed by atoms with Gasteiger partial charge in [0, 0.05) is 38.7 Å². The number of aliphatic hydroxyl groups is 1. The number of nitrogens with zero attached hydrogens (tertiary/aromatic N) is 5. The number of hydrogen-bond donors (Lipinski definition) is 2. The summed E-state index contributed by atoms with van der Waals surface area (Å²) in [6.45, 7) is 6.03. The van der Waals surface area contributed by atoms with E-state index < -0.39 is 33.6 Å². The Labute approximate surface area is 217 Å². The van der Waals surface area contributed by atoms with Gasteiger partial charge in [-0.1, -0.05) is 38.1 Å². The van der Waals surface area contributed by atoms with Crippen LogP contribution in [0.4, 0.5) is 5.69 Å². The lowest BCUT2D eigenvalue weighted by Gasteiger charge is -2.34. The van der Waals surface area contributed by atoms with Gasteiger partial charge in [-0.3, -0.25) is 13.9 Å². The zero-order chi connectivity index (χ0) is 27.1. The summed E-state index contributed by atoms with van der Waals surface area (Å²) in [6, 6.07) is 5.34. The molecule has 2 heterocycles. The van der Waals surface area contributed by atoms with Gasteiger partial charge in [-0.25, -0.2) is 13.1 Å². The van der Waals surface area contributed by atoms with E-state index in [2.05, 4.69) is 15.6 Å². The van der Waals surface area contributed by atoms with Crippen molar-refractivity contribution in [2.75, 3.05) is 24.2 Å². The minimum absolute atomic E-state index is 0.0579. The van der Waals surface area contributed by atoms with Gasteiger partial charge < -0.3 is 15.3 Å². The number of amides is 2. The molecular weight excluding hydrogens is 496 g/mol. The van der Waals surface area contributed by atoms with Gasteiger partial charge in [0.15, 0.2) is 0 Å². The zero-order valence-electron chi connectivity index (χ0n) is 22.0. The van der Waals surface area contributed by atoms with E-state index in [-0.39, 0.29) is 31.3 Å². The monoisotopic (exact) mass is 532 g/mol. The highest BCUT2D eigenvalue weighted by molar-refractivity contribution is 7.92. The highest BCUT2D eigenvalue weighted by atomic mass is 32.2. The predicted molar refractivity (Wildman–Crippen MR) is 138 cm³/mol. The van der Waals surface area contributed by atoms with Gasteiger partial charge in [0.05, 0.1) is 23.7 Å². The van der Waals surface area contributed by atoms with Crippen LogP contribution in [-0.4, -0.2) is 77.2 Å². The van der Waals surface area contributed by atoms with Crippen LogP contribution in [0.1, 0.15) is 63.3 Å². The summed E-state index contributed by atoms with van der Waals surface area (Å²) in [5.41, 5.74) is 1.56. The van der Waals surface area contributed by atoms with Crippen molar-refractivity contribution in [2.24, 2.45) is 5.41 Å². The Morgan fingerprint density at radius 1 is 1.27 bits per heavy atom. The highest BCUT2D eigenvalue weighted by Crippen LogP contribution is 2.40. The average Bonchev–Trinajstić information content (AvgIpc) is 3.42. The third kappa shape index (κ3) is 6.12. The van der Waals surface area contributed by atoms with Gasteiger partial charge in [0.2, 0.25) is 21.8 Å². The number of likely N-dealkylation sites (tertiary alicyclic amines) is 1. The molecule has 0 radical (unpaired) electrons. The molecule has 1 saturated heterocycles. The first-order chi connectivity index (χ1) is 17.3. The third-order valence-electron chi connectivity index (χ3n) is 6.95. The van der Waals surface area contributed by atoms with E-state index in [0.717, 1.165) is 29.1 Å². The molecule has 0 unspecified atom stereocenters. The van der Waals surface area contributed by atoms with Crippen molar-refractivity contribution in [2.45, 2.75) is 70.7 Å². The lowest BCUT2D eigenvalue weighted by atomic mass is 9.85. The number of sulfonamides is 1. The van der Waals surface area contributed by atoms with Crippen molar-refractivity contribution in [3.05, 3.63) is 41.7 Å². The van der Waals surface area contributed by atoms with Crippen LogP contribution in [-0.2, 0) is 26.2 Å². The molecule has 0 spiro atoms. The van der Waals surface area contributed by atoms with Gasteiger partial charge >= 0.3 is 0 Å². The van der Waals surface area contributed by atoms with Crippen molar-refractivity contribution in [1.82, 2.24) is 25.2 Å². The maximum atomic E-state index is 13.8. The van der Waals surface area contributed by atoms with Crippen molar-refractivity contribution in [1.29, 1.82) is 0 Å². The Balaban J connectivity index is 1.49. The maximum absolute atomic E-state index is 13.8. The second-order valence-electron chi connectivity index (χ2n) is 11.2. The molecule has 4 rings (SSSR count). The molecule has 37 heavy (non-hydrogen) atoms. The number of carbonyl (C=O) groups is 2. The molecule has 0 bridgehead atoms. The molecule has 202 valence electrons. The number of nitrogens with one attached hydrogen (secondary N) is 1. The number of anilines is 1. The molecule has 2 amide bonds. The Morgan fingerprint density at radius 2 is 1.97 bits per heavy atom. The number of β-amino-alcohol motifs (C(OH)–C–C–N with tert-alkyl or cyclic N) is 1. The fourth-order valence-corrected chi connectivity index (χ4v) is 5.18. The smallest absolute Gasteiger partial charge is 0.248 e. The minimum Gasteiger partial charge on any atom is -0.391 e. The number of carbonyl (C=O) groups excluding carboxylic acids is 2. The first-order valence-electron chi connectivity index (χ1n) is 12.5. The van der Waals surface area contributed by atoms with E-state index in [9.17, 15) is 23.1 Å². The standard InChI is InChI=1S/C25H36N6O5S/c1-25(2,3)22(31-15-20(27-28-31)17-9-10-17)24(34)30-14-19(32)12-21(30)23(33)26-13-16-7-6-8-18(11-16)29(4)37(5,35)36/h6-8,11,15,17,19,21-22,32H,9-10,12-14H2,1-5H3,(H,26,33)/t19-,21+,22-/m1/s1. The van der Waals surface area contributed by atoms with Crippen LogP contribution in [0.3, 0.4) is 0 Å². The van der Waals surface area contributed by atoms with E-state index in [1.54, 1.807) is 28.9 Å². The molecule has 2 fully saturated rings. The number of aromatic nitrogens is 3. The van der Waals surface area contributed by atoms with Crippen molar-refractivity contribution < 1.29 is 23.1 Å². The number of aliphatic hydroxyl groups excluding tert-OH is 1. The van der Waals surface area contributed by atoms with E-state index in [4.69, 9.17) is 0 Å². The van der Waals surface area contributed by atoms with Crippen LogP contribution in [0.15, 0.2) is 30.5 Å². The number of benzene rings is 1. The fourth-order valence-electron chi connectivity index (χ4n) is 4.69. The SMILES string of the molecule is CN(c1cccc(CNC(=O)[C@@H]2C[C@@H](O)CN2C(=O)[C@@H](n2cc(C3CC3)nn2)C(C)(C)C)c1)S(C)(=O)=O. The Kier molecular flexibility index (Phi) is 7.35. The summed E-state index contributed by atoms with van der Waals surface area (Å²) in [5.74, 6) is -0.266. The van der Waals surface area contributed by atoms with E-state index in [1.807, 2.05) is 27.0 Å². The Morgan fingerprint density at radius 3 is 2.59 bits per heavy atom. The first kappa shape index (κ1) is 27.1. The molecule has 1 aliphatic heterocycles. The number of rotatable bonds is 8. The van der Waals surface area contributed by atoms with Crippen LogP contribution in [0.25, 0.3) is 0 Å².